The number of nitrogens with one attached hydrogen (secondary N) is 1. The van der Waals surface area contributed by atoms with Crippen LogP contribution in [-0.4, -0.2) is 26.7 Å². The van der Waals surface area contributed by atoms with Crippen LogP contribution in [0.15, 0.2) is 30.3 Å². The number of hydrogen-bond donors (Lipinski definition) is 1. The molecule has 3 rings (SSSR count). The molecule has 6 nitrogen and oxygen atoms in total. The molecule has 0 fully saturated rings. The van der Waals surface area contributed by atoms with E-state index >= 15 is 0 Å². The van der Waals surface area contributed by atoms with Gasteiger partial charge in [0.15, 0.2) is 5.82 Å². The van der Waals surface area contributed by atoms with Crippen LogP contribution in [0.4, 0.5) is 24.7 Å². The van der Waals surface area contributed by atoms with Crippen molar-refractivity contribution in [3.05, 3.63) is 47.4 Å². The van der Waals surface area contributed by atoms with Gasteiger partial charge in [-0.3, -0.25) is 0 Å². The maximum Gasteiger partial charge on any atom is 0.416 e. The van der Waals surface area contributed by atoms with E-state index in [1.807, 2.05) is 0 Å². The van der Waals surface area contributed by atoms with Gasteiger partial charge in [0.25, 0.3) is 5.78 Å². The molecule has 0 amide bonds. The molecule has 0 saturated carbocycles. The zero-order valence-corrected chi connectivity index (χ0v) is 12.9. The molecule has 0 aliphatic heterocycles. The Bertz CT molecular complexity index is 858. The maximum absolute atomic E-state index is 12.6. The van der Waals surface area contributed by atoms with Crippen molar-refractivity contribution in [3.63, 3.8) is 0 Å². The number of benzene rings is 1. The van der Waals surface area contributed by atoms with Gasteiger partial charge < -0.3 is 10.1 Å². The molecular weight excluding hydrogens is 323 g/mol. The summed E-state index contributed by atoms with van der Waals surface area (Å²) < 4.78 is 44.3. The van der Waals surface area contributed by atoms with Crippen molar-refractivity contribution in [3.8, 4) is 0 Å². The van der Waals surface area contributed by atoms with Crippen molar-refractivity contribution in [1.82, 2.24) is 19.6 Å². The molecule has 9 heteroatoms. The molecule has 1 N–H and O–H groups in total. The predicted molar refractivity (Wildman–Crippen MR) is 81.0 cm³/mol. The van der Waals surface area contributed by atoms with Gasteiger partial charge in [-0.05, 0) is 31.2 Å². The minimum atomic E-state index is -4.36. The van der Waals surface area contributed by atoms with Crippen LogP contribution >= 0.6 is 0 Å². The summed E-state index contributed by atoms with van der Waals surface area (Å²) in [5.74, 6) is 1.40. The molecular formula is C15H14F3N5O. The van der Waals surface area contributed by atoms with E-state index in [9.17, 15) is 13.2 Å². The highest BCUT2D eigenvalue weighted by Crippen LogP contribution is 2.30. The highest BCUT2D eigenvalue weighted by Gasteiger charge is 2.29. The van der Waals surface area contributed by atoms with Crippen LogP contribution in [0.5, 0.6) is 0 Å². The van der Waals surface area contributed by atoms with E-state index in [4.69, 9.17) is 4.74 Å². The maximum atomic E-state index is 12.6. The van der Waals surface area contributed by atoms with Crippen molar-refractivity contribution >= 4 is 17.3 Å². The fourth-order valence-electron chi connectivity index (χ4n) is 2.20. The first kappa shape index (κ1) is 16.2. The number of fused-ring (bicyclic) bond motifs is 1. The quantitative estimate of drug-likeness (QED) is 0.791. The first-order chi connectivity index (χ1) is 11.4. The van der Waals surface area contributed by atoms with Gasteiger partial charge in [-0.1, -0.05) is 0 Å². The fourth-order valence-corrected chi connectivity index (χ4v) is 2.20. The summed E-state index contributed by atoms with van der Waals surface area (Å²) in [6.45, 7) is 2.03. The molecule has 0 aliphatic rings. The molecule has 0 spiro atoms. The highest BCUT2D eigenvalue weighted by molar-refractivity contribution is 5.59. The van der Waals surface area contributed by atoms with Gasteiger partial charge in [-0.2, -0.15) is 22.7 Å². The number of anilines is 2. The van der Waals surface area contributed by atoms with E-state index in [1.54, 1.807) is 13.0 Å². The van der Waals surface area contributed by atoms with Crippen molar-refractivity contribution < 1.29 is 17.9 Å². The molecule has 0 aliphatic carbocycles. The SMILES string of the molecule is COCc1nc2nc(C)cc(Nc3ccc(C(F)(F)F)cc3)n2n1. The van der Waals surface area contributed by atoms with Crippen LogP contribution in [0.3, 0.4) is 0 Å². The van der Waals surface area contributed by atoms with Gasteiger partial charge in [0.2, 0.25) is 0 Å². The summed E-state index contributed by atoms with van der Waals surface area (Å²) in [6, 6.07) is 6.49. The molecule has 2 heterocycles. The Hall–Kier alpha value is -2.68. The third-order valence-electron chi connectivity index (χ3n) is 3.24. The zero-order chi connectivity index (χ0) is 17.3. The number of methoxy groups -OCH3 is 1. The second kappa shape index (κ2) is 6.08. The Morgan fingerprint density at radius 2 is 1.88 bits per heavy atom. The van der Waals surface area contributed by atoms with E-state index < -0.39 is 11.7 Å². The standard InChI is InChI=1S/C15H14F3N5O/c1-9-7-13(23-14(19-9)21-12(22-23)8-24-2)20-11-5-3-10(4-6-11)15(16,17)18/h3-7,20H,8H2,1-2H3. The van der Waals surface area contributed by atoms with Crippen molar-refractivity contribution in [2.75, 3.05) is 12.4 Å². The zero-order valence-electron chi connectivity index (χ0n) is 12.9. The number of hydrogen-bond acceptors (Lipinski definition) is 5. The summed E-state index contributed by atoms with van der Waals surface area (Å²) in [7, 11) is 1.53. The van der Waals surface area contributed by atoms with Gasteiger partial charge in [0.05, 0.1) is 5.56 Å². The van der Waals surface area contributed by atoms with E-state index in [2.05, 4.69) is 20.4 Å². The lowest BCUT2D eigenvalue weighted by atomic mass is 10.2. The lowest BCUT2D eigenvalue weighted by Crippen LogP contribution is -2.05. The van der Waals surface area contributed by atoms with Crippen molar-refractivity contribution in [2.24, 2.45) is 0 Å². The first-order valence-corrected chi connectivity index (χ1v) is 7.03. The lowest BCUT2D eigenvalue weighted by Gasteiger charge is -2.10. The Morgan fingerprint density at radius 3 is 2.50 bits per heavy atom. The third kappa shape index (κ3) is 3.30. The molecule has 0 bridgehead atoms. The molecule has 126 valence electrons. The number of alkyl halides is 3. The number of aryl methyl sites for hydroxylation is 1. The predicted octanol–water partition coefficient (Wildman–Crippen LogP) is 3.34. The number of ether oxygens (including phenoxy) is 1. The van der Waals surface area contributed by atoms with Crippen LogP contribution in [-0.2, 0) is 17.5 Å². The molecule has 0 radical (unpaired) electrons. The number of halogens is 3. The molecule has 2 aromatic heterocycles. The number of aromatic nitrogens is 4. The summed E-state index contributed by atoms with van der Waals surface area (Å²) >= 11 is 0. The second-order valence-electron chi connectivity index (χ2n) is 5.16. The first-order valence-electron chi connectivity index (χ1n) is 7.03. The van der Waals surface area contributed by atoms with Crippen molar-refractivity contribution in [2.45, 2.75) is 19.7 Å². The average Bonchev–Trinajstić information content (AvgIpc) is 2.90. The molecule has 1 aromatic carbocycles. The third-order valence-corrected chi connectivity index (χ3v) is 3.24. The van der Waals surface area contributed by atoms with Gasteiger partial charge in [0, 0.05) is 24.6 Å². The monoisotopic (exact) mass is 337 g/mol. The van der Waals surface area contributed by atoms with E-state index in [0.717, 1.165) is 12.1 Å². The molecule has 0 saturated heterocycles. The van der Waals surface area contributed by atoms with Gasteiger partial charge in [-0.25, -0.2) is 4.98 Å². The number of nitrogens with zero attached hydrogens (tertiary/aromatic N) is 4. The molecule has 0 atom stereocenters. The Balaban J connectivity index is 1.94. The summed E-state index contributed by atoms with van der Waals surface area (Å²) in [5.41, 5.74) is 0.499. The van der Waals surface area contributed by atoms with E-state index in [1.165, 1.54) is 23.8 Å². The highest BCUT2D eigenvalue weighted by atomic mass is 19.4. The van der Waals surface area contributed by atoms with E-state index in [0.29, 0.717) is 28.8 Å². The van der Waals surface area contributed by atoms with Crippen molar-refractivity contribution in [1.29, 1.82) is 0 Å². The fraction of sp³-hybridized carbons (Fsp3) is 0.267. The van der Waals surface area contributed by atoms with Gasteiger partial charge in [-0.15, -0.1) is 5.10 Å². The minimum Gasteiger partial charge on any atom is -0.377 e. The summed E-state index contributed by atoms with van der Waals surface area (Å²) in [4.78, 5) is 8.51. The van der Waals surface area contributed by atoms with E-state index in [-0.39, 0.29) is 6.61 Å². The normalized spacial score (nSPS) is 11.9. The Labute approximate surface area is 135 Å². The Kier molecular flexibility index (Phi) is 4.10. The minimum absolute atomic E-state index is 0.238. The smallest absolute Gasteiger partial charge is 0.377 e. The topological polar surface area (TPSA) is 64.3 Å². The largest absolute Gasteiger partial charge is 0.416 e. The van der Waals surface area contributed by atoms with Crippen LogP contribution in [0.2, 0.25) is 0 Å². The van der Waals surface area contributed by atoms with Gasteiger partial charge in [0.1, 0.15) is 12.4 Å². The van der Waals surface area contributed by atoms with Crippen LogP contribution in [0.1, 0.15) is 17.1 Å². The van der Waals surface area contributed by atoms with Crippen LogP contribution in [0, 0.1) is 6.92 Å². The Morgan fingerprint density at radius 1 is 1.17 bits per heavy atom. The van der Waals surface area contributed by atoms with Gasteiger partial charge >= 0.3 is 6.18 Å². The summed E-state index contributed by atoms with van der Waals surface area (Å²) in [6.07, 6.45) is -4.36. The second-order valence-corrected chi connectivity index (χ2v) is 5.16. The summed E-state index contributed by atoms with van der Waals surface area (Å²) in [5, 5.41) is 7.31. The molecule has 0 unspecified atom stereocenters. The molecule has 24 heavy (non-hydrogen) atoms. The molecule has 3 aromatic rings. The van der Waals surface area contributed by atoms with Crippen LogP contribution in [0.25, 0.3) is 5.78 Å². The number of rotatable bonds is 4. The lowest BCUT2D eigenvalue weighted by molar-refractivity contribution is -0.137. The average molecular weight is 337 g/mol. The van der Waals surface area contributed by atoms with Crippen LogP contribution < -0.4 is 5.32 Å².